The van der Waals surface area contributed by atoms with Gasteiger partial charge in [-0.25, -0.2) is 13.1 Å². The van der Waals surface area contributed by atoms with Crippen LogP contribution in [0.4, 0.5) is 0 Å². The number of nitrogens with zero attached hydrogens (tertiary/aromatic N) is 1. The van der Waals surface area contributed by atoms with Crippen molar-refractivity contribution in [1.82, 2.24) is 9.71 Å². The molecule has 3 aromatic rings. The van der Waals surface area contributed by atoms with Gasteiger partial charge in [0, 0.05) is 22.7 Å². The standard InChI is InChI=1S/C27H32N2O5S/c1-18-16-19(22-8-5-6-10-24(22)28-18)17-33-20-12-14-21(15-13-20)35(31,32)29-25-11-7-9-23(25)26(30)34-27(2,3)4/h5-6,8,10,12-16,23,25,29H,7,9,11,17H2,1-4H3/t23-,25+/m1/s1. The maximum absolute atomic E-state index is 13.0. The molecule has 2 atom stereocenters. The Morgan fingerprint density at radius 1 is 1.09 bits per heavy atom. The van der Waals surface area contributed by atoms with Crippen LogP contribution in [0, 0.1) is 12.8 Å². The van der Waals surface area contributed by atoms with Crippen LogP contribution in [-0.4, -0.2) is 31.0 Å². The Morgan fingerprint density at radius 3 is 2.51 bits per heavy atom. The van der Waals surface area contributed by atoms with E-state index in [4.69, 9.17) is 9.47 Å². The summed E-state index contributed by atoms with van der Waals surface area (Å²) < 4.78 is 40.2. The molecular weight excluding hydrogens is 464 g/mol. The third-order valence-electron chi connectivity index (χ3n) is 5.99. The van der Waals surface area contributed by atoms with Crippen molar-refractivity contribution in [3.63, 3.8) is 0 Å². The molecule has 0 bridgehead atoms. The number of benzene rings is 2. The molecule has 1 N–H and O–H groups in total. The van der Waals surface area contributed by atoms with Crippen molar-refractivity contribution in [1.29, 1.82) is 0 Å². The number of fused-ring (bicyclic) bond motifs is 1. The summed E-state index contributed by atoms with van der Waals surface area (Å²) >= 11 is 0. The van der Waals surface area contributed by atoms with Crippen molar-refractivity contribution in [2.24, 2.45) is 5.92 Å². The number of hydrogen-bond acceptors (Lipinski definition) is 6. The van der Waals surface area contributed by atoms with Gasteiger partial charge in [-0.1, -0.05) is 24.6 Å². The van der Waals surface area contributed by atoms with E-state index in [1.807, 2.05) is 37.3 Å². The summed E-state index contributed by atoms with van der Waals surface area (Å²) in [7, 11) is -3.79. The topological polar surface area (TPSA) is 94.6 Å². The molecule has 4 rings (SSSR count). The van der Waals surface area contributed by atoms with E-state index in [0.29, 0.717) is 25.2 Å². The van der Waals surface area contributed by atoms with Gasteiger partial charge >= 0.3 is 5.97 Å². The summed E-state index contributed by atoms with van der Waals surface area (Å²) in [5.74, 6) is -0.273. The molecule has 0 amide bonds. The van der Waals surface area contributed by atoms with Crippen molar-refractivity contribution in [3.05, 3.63) is 65.9 Å². The molecule has 1 aromatic heterocycles. The Labute approximate surface area is 206 Å². The van der Waals surface area contributed by atoms with Crippen molar-refractivity contribution in [2.45, 2.75) is 70.1 Å². The molecule has 1 heterocycles. The van der Waals surface area contributed by atoms with Crippen LogP contribution in [0.3, 0.4) is 0 Å². The molecule has 1 saturated carbocycles. The number of carbonyl (C=O) groups is 1. The molecule has 1 aliphatic carbocycles. The molecule has 2 aromatic carbocycles. The van der Waals surface area contributed by atoms with Crippen molar-refractivity contribution < 1.29 is 22.7 Å². The van der Waals surface area contributed by atoms with E-state index < -0.39 is 27.6 Å². The van der Waals surface area contributed by atoms with Gasteiger partial charge in [-0.3, -0.25) is 9.78 Å². The largest absolute Gasteiger partial charge is 0.489 e. The Balaban J connectivity index is 1.42. The number of pyridine rings is 1. The first-order valence-corrected chi connectivity index (χ1v) is 13.3. The first-order valence-electron chi connectivity index (χ1n) is 11.9. The van der Waals surface area contributed by atoms with E-state index in [1.165, 1.54) is 12.1 Å². The molecule has 35 heavy (non-hydrogen) atoms. The van der Waals surface area contributed by atoms with Gasteiger partial charge in [0.15, 0.2) is 0 Å². The first-order chi connectivity index (χ1) is 16.5. The minimum atomic E-state index is -3.79. The van der Waals surface area contributed by atoms with Crippen molar-refractivity contribution in [2.75, 3.05) is 0 Å². The number of ether oxygens (including phenoxy) is 2. The van der Waals surface area contributed by atoms with E-state index in [9.17, 15) is 13.2 Å². The predicted octanol–water partition coefficient (Wildman–Crippen LogP) is 4.91. The Bertz CT molecular complexity index is 1310. The molecular formula is C27H32N2O5S. The zero-order valence-electron chi connectivity index (χ0n) is 20.6. The lowest BCUT2D eigenvalue weighted by atomic mass is 10.0. The second kappa shape index (κ2) is 9.95. The van der Waals surface area contributed by atoms with E-state index >= 15 is 0 Å². The van der Waals surface area contributed by atoms with Gasteiger partial charge in [0.25, 0.3) is 0 Å². The zero-order chi connectivity index (χ0) is 25.2. The van der Waals surface area contributed by atoms with Gasteiger partial charge in [-0.05, 0) is 76.9 Å². The average Bonchev–Trinajstić information content (AvgIpc) is 3.24. The maximum atomic E-state index is 13.0. The lowest BCUT2D eigenvalue weighted by Gasteiger charge is -2.25. The minimum absolute atomic E-state index is 0.130. The van der Waals surface area contributed by atoms with Crippen LogP contribution in [0.25, 0.3) is 10.9 Å². The molecule has 0 unspecified atom stereocenters. The summed E-state index contributed by atoms with van der Waals surface area (Å²) in [6.45, 7) is 7.71. The van der Waals surface area contributed by atoms with E-state index in [-0.39, 0.29) is 10.9 Å². The van der Waals surface area contributed by atoms with Gasteiger partial charge in [-0.15, -0.1) is 0 Å². The highest BCUT2D eigenvalue weighted by atomic mass is 32.2. The van der Waals surface area contributed by atoms with Gasteiger partial charge in [-0.2, -0.15) is 0 Å². The Kier molecular flexibility index (Phi) is 7.15. The van der Waals surface area contributed by atoms with Crippen molar-refractivity contribution >= 4 is 26.9 Å². The highest BCUT2D eigenvalue weighted by molar-refractivity contribution is 7.89. The van der Waals surface area contributed by atoms with E-state index in [1.54, 1.807) is 32.9 Å². The van der Waals surface area contributed by atoms with E-state index in [2.05, 4.69) is 9.71 Å². The Hall–Kier alpha value is -2.97. The van der Waals surface area contributed by atoms with Gasteiger partial charge < -0.3 is 9.47 Å². The quantitative estimate of drug-likeness (QED) is 0.467. The van der Waals surface area contributed by atoms with Crippen LogP contribution in [0.2, 0.25) is 0 Å². The third-order valence-corrected chi connectivity index (χ3v) is 7.50. The van der Waals surface area contributed by atoms with Crippen LogP contribution in [-0.2, 0) is 26.2 Å². The summed E-state index contributed by atoms with van der Waals surface area (Å²) in [6.07, 6.45) is 1.98. The fraction of sp³-hybridized carbons (Fsp3) is 0.407. The van der Waals surface area contributed by atoms with Crippen molar-refractivity contribution in [3.8, 4) is 5.75 Å². The van der Waals surface area contributed by atoms with Crippen LogP contribution in [0.5, 0.6) is 5.75 Å². The van der Waals surface area contributed by atoms with Gasteiger partial charge in [0.1, 0.15) is 18.0 Å². The number of rotatable bonds is 7. The number of nitrogens with one attached hydrogen (secondary N) is 1. The fourth-order valence-corrected chi connectivity index (χ4v) is 5.73. The summed E-state index contributed by atoms with van der Waals surface area (Å²) in [5.41, 5.74) is 2.22. The molecule has 0 spiro atoms. The molecule has 0 aliphatic heterocycles. The van der Waals surface area contributed by atoms with Crippen LogP contribution in [0.1, 0.15) is 51.3 Å². The molecule has 0 radical (unpaired) electrons. The molecule has 8 heteroatoms. The predicted molar refractivity (Wildman–Crippen MR) is 135 cm³/mol. The van der Waals surface area contributed by atoms with Gasteiger partial charge in [0.2, 0.25) is 10.0 Å². The second-order valence-electron chi connectivity index (χ2n) is 10.00. The minimum Gasteiger partial charge on any atom is -0.489 e. The fourth-order valence-electron chi connectivity index (χ4n) is 4.42. The molecule has 186 valence electrons. The van der Waals surface area contributed by atoms with E-state index in [0.717, 1.165) is 28.6 Å². The lowest BCUT2D eigenvalue weighted by Crippen LogP contribution is -2.42. The Morgan fingerprint density at radius 2 is 1.80 bits per heavy atom. The number of para-hydroxylation sites is 1. The average molecular weight is 497 g/mol. The lowest BCUT2D eigenvalue weighted by molar-refractivity contribution is -0.160. The van der Waals surface area contributed by atoms with Crippen LogP contribution in [0.15, 0.2) is 59.5 Å². The van der Waals surface area contributed by atoms with Gasteiger partial charge in [0.05, 0.1) is 16.3 Å². The molecule has 1 aliphatic rings. The smallest absolute Gasteiger partial charge is 0.311 e. The maximum Gasteiger partial charge on any atom is 0.311 e. The third kappa shape index (κ3) is 6.18. The highest BCUT2D eigenvalue weighted by Crippen LogP contribution is 2.30. The second-order valence-corrected chi connectivity index (χ2v) is 11.7. The van der Waals surface area contributed by atoms with Crippen LogP contribution < -0.4 is 9.46 Å². The number of sulfonamides is 1. The number of hydrogen-bond donors (Lipinski definition) is 1. The summed E-state index contributed by atoms with van der Waals surface area (Å²) in [4.78, 5) is 17.2. The number of esters is 1. The number of aryl methyl sites for hydroxylation is 1. The van der Waals surface area contributed by atoms with Crippen LogP contribution >= 0.6 is 0 Å². The molecule has 1 fully saturated rings. The summed E-state index contributed by atoms with van der Waals surface area (Å²) in [5, 5.41) is 1.03. The summed E-state index contributed by atoms with van der Waals surface area (Å²) in [6, 6.07) is 15.7. The number of aromatic nitrogens is 1. The zero-order valence-corrected chi connectivity index (χ0v) is 21.4. The molecule has 7 nitrogen and oxygen atoms in total. The highest BCUT2D eigenvalue weighted by Gasteiger charge is 2.38. The first kappa shape index (κ1) is 25.1. The normalized spacial score (nSPS) is 18.5. The SMILES string of the molecule is Cc1cc(COc2ccc(S(=O)(=O)N[C@H]3CCC[C@H]3C(=O)OC(C)(C)C)cc2)c2ccccc2n1. The number of carbonyl (C=O) groups excluding carboxylic acids is 1. The molecule has 0 saturated heterocycles. The monoisotopic (exact) mass is 496 g/mol.